The predicted octanol–water partition coefficient (Wildman–Crippen LogP) is 5.02. The van der Waals surface area contributed by atoms with Crippen LogP contribution < -0.4 is 0 Å². The molecule has 0 saturated heterocycles. The maximum atomic E-state index is 13.0. The molecule has 27 heavy (non-hydrogen) atoms. The van der Waals surface area contributed by atoms with Gasteiger partial charge in [-0.2, -0.15) is 0 Å². The first-order valence-corrected chi connectivity index (χ1v) is 10.8. The van der Waals surface area contributed by atoms with Gasteiger partial charge >= 0.3 is 0 Å². The summed E-state index contributed by atoms with van der Waals surface area (Å²) in [6.07, 6.45) is 5.97. The lowest BCUT2D eigenvalue weighted by molar-refractivity contribution is -0.133. The number of amides is 1. The third-order valence-electron chi connectivity index (χ3n) is 5.42. The molecule has 0 bridgehead atoms. The Morgan fingerprint density at radius 1 is 1.22 bits per heavy atom. The highest BCUT2D eigenvalue weighted by Gasteiger charge is 2.29. The number of nitrogens with zero attached hydrogens (tertiary/aromatic N) is 3. The number of aryl methyl sites for hydroxylation is 2. The first-order valence-electron chi connectivity index (χ1n) is 9.88. The van der Waals surface area contributed by atoms with E-state index in [4.69, 9.17) is 4.42 Å². The normalized spacial score (nSPS) is 16.3. The van der Waals surface area contributed by atoms with Crippen LogP contribution in [-0.2, 0) is 4.79 Å². The van der Waals surface area contributed by atoms with E-state index in [2.05, 4.69) is 37.0 Å². The zero-order chi connectivity index (χ0) is 19.4. The van der Waals surface area contributed by atoms with Crippen LogP contribution in [0.1, 0.15) is 57.1 Å². The highest BCUT2D eigenvalue weighted by molar-refractivity contribution is 8.00. The third-order valence-corrected chi connectivity index (χ3v) is 6.35. The van der Waals surface area contributed by atoms with Crippen LogP contribution in [0.5, 0.6) is 0 Å². The van der Waals surface area contributed by atoms with Crippen LogP contribution in [0.4, 0.5) is 0 Å². The van der Waals surface area contributed by atoms with Gasteiger partial charge in [0.25, 0.3) is 5.22 Å². The second-order valence-corrected chi connectivity index (χ2v) is 8.64. The molecule has 5 nitrogen and oxygen atoms in total. The molecule has 1 heterocycles. The van der Waals surface area contributed by atoms with Gasteiger partial charge in [0.15, 0.2) is 0 Å². The van der Waals surface area contributed by atoms with Gasteiger partial charge in [0.05, 0.1) is 5.25 Å². The number of rotatable bonds is 6. The fraction of sp³-hybridized carbons (Fsp3) is 0.571. The molecule has 1 aliphatic rings. The molecule has 0 spiro atoms. The van der Waals surface area contributed by atoms with Gasteiger partial charge in [-0.3, -0.25) is 4.79 Å². The maximum absolute atomic E-state index is 13.0. The number of carbonyl (C=O) groups excluding carboxylic acids is 1. The fourth-order valence-corrected chi connectivity index (χ4v) is 4.42. The quantitative estimate of drug-likeness (QED) is 0.652. The van der Waals surface area contributed by atoms with Crippen molar-refractivity contribution >= 4 is 17.7 Å². The number of aromatic nitrogens is 2. The molecule has 1 saturated carbocycles. The Hall–Kier alpha value is -1.82. The van der Waals surface area contributed by atoms with E-state index in [9.17, 15) is 4.79 Å². The summed E-state index contributed by atoms with van der Waals surface area (Å²) in [6.45, 7) is 8.89. The predicted molar refractivity (Wildman–Crippen MR) is 109 cm³/mol. The average Bonchev–Trinajstić information content (AvgIpc) is 3.14. The second-order valence-electron chi connectivity index (χ2n) is 7.35. The third kappa shape index (κ3) is 4.72. The zero-order valence-electron chi connectivity index (χ0n) is 16.7. The van der Waals surface area contributed by atoms with Gasteiger partial charge in [-0.15, -0.1) is 10.2 Å². The van der Waals surface area contributed by atoms with Crippen molar-refractivity contribution in [2.24, 2.45) is 0 Å². The van der Waals surface area contributed by atoms with Crippen molar-refractivity contribution in [3.05, 3.63) is 29.3 Å². The number of hydrogen-bond donors (Lipinski definition) is 0. The second kappa shape index (κ2) is 8.91. The molecule has 1 aromatic carbocycles. The molecule has 1 fully saturated rings. The molecule has 0 N–H and O–H groups in total. The number of thioether (sulfide) groups is 1. The summed E-state index contributed by atoms with van der Waals surface area (Å²) in [7, 11) is 0. The fourth-order valence-electron chi connectivity index (χ4n) is 3.67. The van der Waals surface area contributed by atoms with Gasteiger partial charge in [0, 0.05) is 18.2 Å². The number of carbonyl (C=O) groups is 1. The molecule has 3 rings (SSSR count). The van der Waals surface area contributed by atoms with Gasteiger partial charge in [-0.1, -0.05) is 37.1 Å². The lowest BCUT2D eigenvalue weighted by Crippen LogP contribution is -2.44. The maximum Gasteiger partial charge on any atom is 0.277 e. The minimum atomic E-state index is -0.236. The van der Waals surface area contributed by atoms with Gasteiger partial charge < -0.3 is 9.32 Å². The van der Waals surface area contributed by atoms with E-state index in [1.165, 1.54) is 42.2 Å². The summed E-state index contributed by atoms with van der Waals surface area (Å²) in [4.78, 5) is 15.0. The Bertz CT molecular complexity index is 783. The smallest absolute Gasteiger partial charge is 0.277 e. The molecule has 1 atom stereocenters. The molecular weight excluding hydrogens is 358 g/mol. The van der Waals surface area contributed by atoms with Crippen molar-refractivity contribution in [1.82, 2.24) is 15.1 Å². The lowest BCUT2D eigenvalue weighted by atomic mass is 9.94. The summed E-state index contributed by atoms with van der Waals surface area (Å²) in [5.41, 5.74) is 3.33. The summed E-state index contributed by atoms with van der Waals surface area (Å²) >= 11 is 1.35. The molecule has 1 aromatic heterocycles. The molecule has 0 unspecified atom stereocenters. The topological polar surface area (TPSA) is 59.2 Å². The van der Waals surface area contributed by atoms with E-state index in [1.807, 2.05) is 24.0 Å². The molecule has 6 heteroatoms. The van der Waals surface area contributed by atoms with E-state index in [0.29, 0.717) is 17.2 Å². The number of hydrogen-bond acceptors (Lipinski definition) is 5. The van der Waals surface area contributed by atoms with Gasteiger partial charge in [0.1, 0.15) is 0 Å². The minimum absolute atomic E-state index is 0.167. The average molecular weight is 388 g/mol. The standard InChI is InChI=1S/C21H29N3O2S/c1-5-24(18-9-7-6-8-10-18)20(25)16(4)27-21-23-22-19(26-21)17-12-11-14(2)15(3)13-17/h11-13,16,18H,5-10H2,1-4H3/t16-/m0/s1. The first kappa shape index (κ1) is 19.9. The highest BCUT2D eigenvalue weighted by atomic mass is 32.2. The molecular formula is C21H29N3O2S. The minimum Gasteiger partial charge on any atom is -0.411 e. The van der Waals surface area contributed by atoms with E-state index in [1.54, 1.807) is 0 Å². The van der Waals surface area contributed by atoms with Gasteiger partial charge in [-0.05, 0) is 63.8 Å². The van der Waals surface area contributed by atoms with Crippen molar-refractivity contribution in [2.45, 2.75) is 76.3 Å². The van der Waals surface area contributed by atoms with Crippen LogP contribution in [-0.4, -0.2) is 38.8 Å². The Labute approximate surface area is 165 Å². The summed E-state index contributed by atoms with van der Waals surface area (Å²) in [5.74, 6) is 0.667. The van der Waals surface area contributed by atoms with Crippen molar-refractivity contribution in [1.29, 1.82) is 0 Å². The Morgan fingerprint density at radius 2 is 1.96 bits per heavy atom. The van der Waals surface area contributed by atoms with Gasteiger partial charge in [-0.25, -0.2) is 0 Å². The number of benzene rings is 1. The van der Waals surface area contributed by atoms with Crippen LogP contribution in [0.3, 0.4) is 0 Å². The SMILES string of the molecule is CCN(C(=O)[C@H](C)Sc1nnc(-c2ccc(C)c(C)c2)o1)C1CCCCC1. The molecule has 1 aliphatic carbocycles. The van der Waals surface area contributed by atoms with Crippen LogP contribution in [0.25, 0.3) is 11.5 Å². The summed E-state index contributed by atoms with van der Waals surface area (Å²) in [6, 6.07) is 6.47. The van der Waals surface area contributed by atoms with E-state index in [0.717, 1.165) is 24.9 Å². The van der Waals surface area contributed by atoms with Crippen molar-refractivity contribution in [3.8, 4) is 11.5 Å². The van der Waals surface area contributed by atoms with Crippen LogP contribution in [0.2, 0.25) is 0 Å². The molecule has 2 aromatic rings. The lowest BCUT2D eigenvalue weighted by Gasteiger charge is -2.34. The highest BCUT2D eigenvalue weighted by Crippen LogP contribution is 2.30. The van der Waals surface area contributed by atoms with Crippen molar-refractivity contribution < 1.29 is 9.21 Å². The van der Waals surface area contributed by atoms with Crippen LogP contribution in [0.15, 0.2) is 27.8 Å². The Kier molecular flexibility index (Phi) is 6.58. The van der Waals surface area contributed by atoms with Crippen LogP contribution >= 0.6 is 11.8 Å². The summed E-state index contributed by atoms with van der Waals surface area (Å²) < 4.78 is 5.81. The monoisotopic (exact) mass is 387 g/mol. The van der Waals surface area contributed by atoms with Crippen LogP contribution in [0, 0.1) is 13.8 Å². The molecule has 0 aliphatic heterocycles. The molecule has 1 amide bonds. The van der Waals surface area contributed by atoms with Crippen molar-refractivity contribution in [2.75, 3.05) is 6.54 Å². The van der Waals surface area contributed by atoms with E-state index < -0.39 is 0 Å². The van der Waals surface area contributed by atoms with Crippen molar-refractivity contribution in [3.63, 3.8) is 0 Å². The van der Waals surface area contributed by atoms with Gasteiger partial charge in [0.2, 0.25) is 11.8 Å². The first-order chi connectivity index (χ1) is 13.0. The largest absolute Gasteiger partial charge is 0.411 e. The van der Waals surface area contributed by atoms with E-state index >= 15 is 0 Å². The molecule has 146 valence electrons. The zero-order valence-corrected chi connectivity index (χ0v) is 17.5. The molecule has 0 radical (unpaired) electrons. The Balaban J connectivity index is 1.66. The summed E-state index contributed by atoms with van der Waals surface area (Å²) in [5, 5.41) is 8.51. The Morgan fingerprint density at radius 3 is 2.63 bits per heavy atom. The van der Waals surface area contributed by atoms with E-state index in [-0.39, 0.29) is 11.2 Å².